The molecule has 0 bridgehead atoms. The average molecular weight is 306 g/mol. The Labute approximate surface area is 130 Å². The summed E-state index contributed by atoms with van der Waals surface area (Å²) in [4.78, 5) is 14.8. The fraction of sp³-hybridized carbons (Fsp3) is 0.471. The zero-order valence-corrected chi connectivity index (χ0v) is 12.8. The van der Waals surface area contributed by atoms with Crippen LogP contribution in [0.2, 0.25) is 5.02 Å². The van der Waals surface area contributed by atoms with Crippen molar-refractivity contribution in [3.63, 3.8) is 0 Å². The number of hydrogen-bond donors (Lipinski definition) is 0. The summed E-state index contributed by atoms with van der Waals surface area (Å²) in [5, 5.41) is 0.722. The maximum Gasteiger partial charge on any atom is 0.163 e. The Hall–Kier alpha value is -1.16. The number of rotatable bonds is 3. The highest BCUT2D eigenvalue weighted by Crippen LogP contribution is 2.29. The SMILES string of the molecule is O=C1/C(=C\c2ccc(Cl)cc2)CCC1CN1CCOCC1. The molecule has 1 heterocycles. The van der Waals surface area contributed by atoms with Crippen molar-refractivity contribution in [1.29, 1.82) is 0 Å². The standard InChI is InChI=1S/C17H20ClNO2/c18-16-5-1-13(2-6-16)11-14-3-4-15(17(14)20)12-19-7-9-21-10-8-19/h1-2,5-6,11,15H,3-4,7-10,12H2/b14-11-. The van der Waals surface area contributed by atoms with Crippen LogP contribution in [0, 0.1) is 5.92 Å². The van der Waals surface area contributed by atoms with Gasteiger partial charge in [0.2, 0.25) is 0 Å². The van der Waals surface area contributed by atoms with Crippen molar-refractivity contribution >= 4 is 23.5 Å². The molecule has 1 atom stereocenters. The van der Waals surface area contributed by atoms with Crippen molar-refractivity contribution < 1.29 is 9.53 Å². The minimum absolute atomic E-state index is 0.154. The molecule has 2 fully saturated rings. The van der Waals surface area contributed by atoms with Gasteiger partial charge in [-0.3, -0.25) is 9.69 Å². The topological polar surface area (TPSA) is 29.5 Å². The zero-order valence-electron chi connectivity index (χ0n) is 12.1. The molecule has 2 aliphatic rings. The lowest BCUT2D eigenvalue weighted by Crippen LogP contribution is -2.40. The van der Waals surface area contributed by atoms with Crippen molar-refractivity contribution in [3.05, 3.63) is 40.4 Å². The van der Waals surface area contributed by atoms with Gasteiger partial charge in [0.15, 0.2) is 5.78 Å². The number of nitrogens with zero attached hydrogens (tertiary/aromatic N) is 1. The van der Waals surface area contributed by atoms with E-state index in [0.717, 1.165) is 61.8 Å². The summed E-state index contributed by atoms with van der Waals surface area (Å²) in [5.41, 5.74) is 2.00. The lowest BCUT2D eigenvalue weighted by molar-refractivity contribution is -0.118. The molecule has 0 radical (unpaired) electrons. The third-order valence-electron chi connectivity index (χ3n) is 4.24. The Morgan fingerprint density at radius 3 is 2.67 bits per heavy atom. The number of benzene rings is 1. The van der Waals surface area contributed by atoms with Gasteiger partial charge in [-0.05, 0) is 42.2 Å². The summed E-state index contributed by atoms with van der Waals surface area (Å²) in [6.07, 6.45) is 3.87. The van der Waals surface area contributed by atoms with Crippen LogP contribution in [0.5, 0.6) is 0 Å². The summed E-state index contributed by atoms with van der Waals surface area (Å²) in [7, 11) is 0. The van der Waals surface area contributed by atoms with E-state index in [1.165, 1.54) is 0 Å². The largest absolute Gasteiger partial charge is 0.379 e. The molecule has 3 rings (SSSR count). The molecule has 0 amide bonds. The summed E-state index contributed by atoms with van der Waals surface area (Å²) >= 11 is 5.89. The second kappa shape index (κ2) is 6.73. The first-order valence-corrected chi connectivity index (χ1v) is 7.90. The van der Waals surface area contributed by atoms with Crippen LogP contribution in [0.1, 0.15) is 18.4 Å². The summed E-state index contributed by atoms with van der Waals surface area (Å²) in [6.45, 7) is 4.34. The highest BCUT2D eigenvalue weighted by atomic mass is 35.5. The van der Waals surface area contributed by atoms with Crippen LogP contribution in [-0.2, 0) is 9.53 Å². The fourth-order valence-corrected chi connectivity index (χ4v) is 3.15. The van der Waals surface area contributed by atoms with Gasteiger partial charge in [0.1, 0.15) is 0 Å². The maximum atomic E-state index is 12.5. The van der Waals surface area contributed by atoms with E-state index in [2.05, 4.69) is 4.90 Å². The predicted molar refractivity (Wildman–Crippen MR) is 84.4 cm³/mol. The minimum atomic E-state index is 0.154. The molecule has 21 heavy (non-hydrogen) atoms. The Bertz CT molecular complexity index is 532. The van der Waals surface area contributed by atoms with Crippen molar-refractivity contribution in [1.82, 2.24) is 4.90 Å². The third-order valence-corrected chi connectivity index (χ3v) is 4.49. The monoisotopic (exact) mass is 305 g/mol. The second-order valence-electron chi connectivity index (χ2n) is 5.73. The van der Waals surface area contributed by atoms with E-state index in [0.29, 0.717) is 5.78 Å². The molecule has 1 unspecified atom stereocenters. The Balaban J connectivity index is 1.64. The summed E-state index contributed by atoms with van der Waals surface area (Å²) in [6, 6.07) is 7.63. The van der Waals surface area contributed by atoms with E-state index in [4.69, 9.17) is 16.3 Å². The zero-order chi connectivity index (χ0) is 14.7. The molecule has 1 aromatic rings. The van der Waals surface area contributed by atoms with Crippen LogP contribution in [0.25, 0.3) is 6.08 Å². The van der Waals surface area contributed by atoms with Gasteiger partial charge in [-0.15, -0.1) is 0 Å². The lowest BCUT2D eigenvalue weighted by Gasteiger charge is -2.28. The highest BCUT2D eigenvalue weighted by molar-refractivity contribution is 6.30. The van der Waals surface area contributed by atoms with Gasteiger partial charge in [0, 0.05) is 30.6 Å². The molecular formula is C17H20ClNO2. The van der Waals surface area contributed by atoms with E-state index in [1.807, 2.05) is 30.3 Å². The van der Waals surface area contributed by atoms with Crippen LogP contribution in [0.3, 0.4) is 0 Å². The lowest BCUT2D eigenvalue weighted by atomic mass is 10.0. The molecule has 0 aromatic heterocycles. The van der Waals surface area contributed by atoms with E-state index in [9.17, 15) is 4.79 Å². The maximum absolute atomic E-state index is 12.5. The van der Waals surface area contributed by atoms with E-state index < -0.39 is 0 Å². The molecule has 4 heteroatoms. The smallest absolute Gasteiger partial charge is 0.163 e. The summed E-state index contributed by atoms with van der Waals surface area (Å²) in [5.74, 6) is 0.470. The Kier molecular flexibility index (Phi) is 4.73. The molecule has 1 aliphatic heterocycles. The minimum Gasteiger partial charge on any atom is -0.379 e. The van der Waals surface area contributed by atoms with Crippen molar-refractivity contribution in [2.75, 3.05) is 32.8 Å². The molecule has 3 nitrogen and oxygen atoms in total. The average Bonchev–Trinajstić information content (AvgIpc) is 2.84. The molecule has 1 saturated carbocycles. The van der Waals surface area contributed by atoms with Gasteiger partial charge in [0.05, 0.1) is 13.2 Å². The normalized spacial score (nSPS) is 25.7. The summed E-state index contributed by atoms with van der Waals surface area (Å²) < 4.78 is 5.35. The molecule has 1 aliphatic carbocycles. The van der Waals surface area contributed by atoms with Gasteiger partial charge in [0.25, 0.3) is 0 Å². The van der Waals surface area contributed by atoms with Gasteiger partial charge >= 0.3 is 0 Å². The number of morpholine rings is 1. The predicted octanol–water partition coefficient (Wildman–Crippen LogP) is 3.03. The molecule has 0 spiro atoms. The number of allylic oxidation sites excluding steroid dienone is 1. The number of ether oxygens (including phenoxy) is 1. The molecule has 1 aromatic carbocycles. The van der Waals surface area contributed by atoms with E-state index in [-0.39, 0.29) is 5.92 Å². The van der Waals surface area contributed by atoms with Crippen molar-refractivity contribution in [2.45, 2.75) is 12.8 Å². The number of carbonyl (C=O) groups excluding carboxylic acids is 1. The number of carbonyl (C=O) groups is 1. The number of Topliss-reactive ketones (excluding diaryl/α,β-unsaturated/α-hetero) is 1. The first-order chi connectivity index (χ1) is 10.2. The third kappa shape index (κ3) is 3.73. The van der Waals surface area contributed by atoms with Gasteiger partial charge in [-0.2, -0.15) is 0 Å². The molecule has 1 saturated heterocycles. The molecule has 0 N–H and O–H groups in total. The number of hydrogen-bond acceptors (Lipinski definition) is 3. The quantitative estimate of drug-likeness (QED) is 0.804. The van der Waals surface area contributed by atoms with E-state index >= 15 is 0 Å². The van der Waals surface area contributed by atoms with Crippen LogP contribution in [-0.4, -0.2) is 43.5 Å². The second-order valence-corrected chi connectivity index (χ2v) is 6.17. The van der Waals surface area contributed by atoms with Gasteiger partial charge in [-0.1, -0.05) is 23.7 Å². The molecule has 112 valence electrons. The van der Waals surface area contributed by atoms with Crippen molar-refractivity contribution in [3.8, 4) is 0 Å². The first-order valence-electron chi connectivity index (χ1n) is 7.53. The van der Waals surface area contributed by atoms with Crippen LogP contribution >= 0.6 is 11.6 Å². The Morgan fingerprint density at radius 1 is 1.24 bits per heavy atom. The van der Waals surface area contributed by atoms with Gasteiger partial charge in [-0.25, -0.2) is 0 Å². The van der Waals surface area contributed by atoms with Crippen LogP contribution in [0.15, 0.2) is 29.8 Å². The Morgan fingerprint density at radius 2 is 1.95 bits per heavy atom. The fourth-order valence-electron chi connectivity index (χ4n) is 3.02. The van der Waals surface area contributed by atoms with Gasteiger partial charge < -0.3 is 4.74 Å². The number of ketones is 1. The van der Waals surface area contributed by atoms with Crippen molar-refractivity contribution in [2.24, 2.45) is 5.92 Å². The van der Waals surface area contributed by atoms with E-state index in [1.54, 1.807) is 0 Å². The molecular weight excluding hydrogens is 286 g/mol. The number of halogens is 1. The van der Waals surface area contributed by atoms with Crippen LogP contribution in [0.4, 0.5) is 0 Å². The van der Waals surface area contributed by atoms with Crippen LogP contribution < -0.4 is 0 Å². The first kappa shape index (κ1) is 14.8. The highest BCUT2D eigenvalue weighted by Gasteiger charge is 2.30.